The first-order valence-electron chi connectivity index (χ1n) is 5.39. The molecule has 0 heterocycles. The van der Waals surface area contributed by atoms with E-state index in [1.165, 1.54) is 5.56 Å². The van der Waals surface area contributed by atoms with Crippen LogP contribution in [0.1, 0.15) is 18.9 Å². The minimum Gasteiger partial charge on any atom is -0.378 e. The van der Waals surface area contributed by atoms with Crippen LogP contribution in [0.2, 0.25) is 0 Å². The predicted octanol–water partition coefficient (Wildman–Crippen LogP) is 2.12. The Balaban J connectivity index is 2.37. The lowest BCUT2D eigenvalue weighted by atomic mass is 10.2. The molecule has 0 saturated heterocycles. The lowest BCUT2D eigenvalue weighted by Crippen LogP contribution is -2.34. The number of para-hydroxylation sites is 1. The van der Waals surface area contributed by atoms with Gasteiger partial charge in [0.2, 0.25) is 0 Å². The third-order valence-corrected chi connectivity index (χ3v) is 2.13. The van der Waals surface area contributed by atoms with Crippen molar-refractivity contribution in [2.45, 2.75) is 26.4 Å². The average Bonchev–Trinajstić information content (AvgIpc) is 2.22. The molecule has 0 amide bonds. The molecular formula is C12H20N2O. The molecule has 84 valence electrons. The Morgan fingerprint density at radius 3 is 2.80 bits per heavy atom. The number of aryl methyl sites for hydroxylation is 1. The summed E-state index contributed by atoms with van der Waals surface area (Å²) in [5.74, 6) is 0. The van der Waals surface area contributed by atoms with Gasteiger partial charge in [-0.15, -0.1) is 0 Å². The first kappa shape index (κ1) is 12.0. The molecule has 0 aromatic heterocycles. The number of benzene rings is 1. The van der Waals surface area contributed by atoms with Crippen molar-refractivity contribution in [1.82, 2.24) is 0 Å². The molecule has 15 heavy (non-hydrogen) atoms. The summed E-state index contributed by atoms with van der Waals surface area (Å²) in [4.78, 5) is 0. The molecule has 0 radical (unpaired) electrons. The van der Waals surface area contributed by atoms with Crippen LogP contribution in [0.4, 0.5) is 5.69 Å². The average molecular weight is 208 g/mol. The largest absolute Gasteiger partial charge is 0.378 e. The molecule has 1 aromatic rings. The van der Waals surface area contributed by atoms with E-state index in [9.17, 15) is 0 Å². The van der Waals surface area contributed by atoms with Crippen LogP contribution in [0, 0.1) is 6.92 Å². The van der Waals surface area contributed by atoms with Crippen molar-refractivity contribution < 1.29 is 4.74 Å². The number of hydrogen-bond acceptors (Lipinski definition) is 3. The van der Waals surface area contributed by atoms with Gasteiger partial charge in [0.05, 0.1) is 12.8 Å². The van der Waals surface area contributed by atoms with E-state index in [0.717, 1.165) is 18.7 Å². The number of nitrogens with two attached hydrogens (primary N) is 1. The van der Waals surface area contributed by atoms with Crippen molar-refractivity contribution in [3.05, 3.63) is 29.8 Å². The van der Waals surface area contributed by atoms with E-state index in [1.54, 1.807) is 0 Å². The van der Waals surface area contributed by atoms with E-state index in [0.29, 0.717) is 6.61 Å². The monoisotopic (exact) mass is 208 g/mol. The fourth-order valence-electron chi connectivity index (χ4n) is 1.33. The fourth-order valence-corrected chi connectivity index (χ4v) is 1.33. The van der Waals surface area contributed by atoms with Crippen LogP contribution in [0.25, 0.3) is 0 Å². The molecule has 1 rings (SSSR count). The molecule has 0 saturated carbocycles. The van der Waals surface area contributed by atoms with Crippen LogP contribution in [0.5, 0.6) is 0 Å². The lowest BCUT2D eigenvalue weighted by molar-refractivity contribution is 0.127. The normalized spacial score (nSPS) is 12.5. The quantitative estimate of drug-likeness (QED) is 0.556. The molecule has 1 unspecified atom stereocenters. The van der Waals surface area contributed by atoms with Gasteiger partial charge in [-0.05, 0) is 25.0 Å². The standard InChI is InChI=1S/C12H20N2O/c1-3-8-15-9-12(13)14-11-7-5-4-6-10(11)2/h4-7,12,14H,3,8-9,13H2,1-2H3. The Labute approximate surface area is 91.6 Å². The van der Waals surface area contributed by atoms with Gasteiger partial charge < -0.3 is 15.8 Å². The van der Waals surface area contributed by atoms with E-state index >= 15 is 0 Å². The van der Waals surface area contributed by atoms with E-state index in [-0.39, 0.29) is 6.17 Å². The maximum Gasteiger partial charge on any atom is 0.0983 e. The summed E-state index contributed by atoms with van der Waals surface area (Å²) in [7, 11) is 0. The van der Waals surface area contributed by atoms with Crippen LogP contribution < -0.4 is 11.1 Å². The SMILES string of the molecule is CCCOCC(N)Nc1ccccc1C. The number of anilines is 1. The third kappa shape index (κ3) is 4.32. The zero-order chi connectivity index (χ0) is 11.1. The molecule has 1 atom stereocenters. The van der Waals surface area contributed by atoms with E-state index in [1.807, 2.05) is 18.2 Å². The molecule has 3 N–H and O–H groups in total. The first-order valence-corrected chi connectivity index (χ1v) is 5.39. The van der Waals surface area contributed by atoms with Gasteiger partial charge in [0.1, 0.15) is 0 Å². The van der Waals surface area contributed by atoms with Gasteiger partial charge in [0.15, 0.2) is 0 Å². The second-order valence-electron chi connectivity index (χ2n) is 3.64. The summed E-state index contributed by atoms with van der Waals surface area (Å²) in [6.07, 6.45) is 0.884. The van der Waals surface area contributed by atoms with Crippen LogP contribution in [-0.2, 0) is 4.74 Å². The maximum absolute atomic E-state index is 5.88. The topological polar surface area (TPSA) is 47.3 Å². The van der Waals surface area contributed by atoms with Crippen molar-refractivity contribution in [2.24, 2.45) is 5.73 Å². The smallest absolute Gasteiger partial charge is 0.0983 e. The van der Waals surface area contributed by atoms with Gasteiger partial charge in [0.25, 0.3) is 0 Å². The molecular weight excluding hydrogens is 188 g/mol. The Morgan fingerprint density at radius 1 is 1.40 bits per heavy atom. The Hall–Kier alpha value is -1.06. The number of nitrogens with one attached hydrogen (secondary N) is 1. The number of ether oxygens (including phenoxy) is 1. The van der Waals surface area contributed by atoms with Crippen LogP contribution in [-0.4, -0.2) is 19.4 Å². The summed E-state index contributed by atoms with van der Waals surface area (Å²) in [6.45, 7) is 5.45. The first-order chi connectivity index (χ1) is 7.24. The van der Waals surface area contributed by atoms with Crippen molar-refractivity contribution in [3.8, 4) is 0 Å². The fraction of sp³-hybridized carbons (Fsp3) is 0.500. The second-order valence-corrected chi connectivity index (χ2v) is 3.64. The molecule has 3 nitrogen and oxygen atoms in total. The van der Waals surface area contributed by atoms with Crippen molar-refractivity contribution in [1.29, 1.82) is 0 Å². The minimum atomic E-state index is -0.141. The van der Waals surface area contributed by atoms with Gasteiger partial charge in [-0.3, -0.25) is 0 Å². The second kappa shape index (κ2) is 6.43. The molecule has 0 aliphatic heterocycles. The molecule has 0 fully saturated rings. The summed E-state index contributed by atoms with van der Waals surface area (Å²) in [6, 6.07) is 8.09. The zero-order valence-electron chi connectivity index (χ0n) is 9.49. The number of hydrogen-bond donors (Lipinski definition) is 2. The van der Waals surface area contributed by atoms with E-state index in [2.05, 4.69) is 25.2 Å². The summed E-state index contributed by atoms with van der Waals surface area (Å²) < 4.78 is 5.37. The predicted molar refractivity (Wildman–Crippen MR) is 63.9 cm³/mol. The minimum absolute atomic E-state index is 0.141. The molecule has 0 bridgehead atoms. The Kier molecular flexibility index (Phi) is 5.15. The Morgan fingerprint density at radius 2 is 2.13 bits per heavy atom. The zero-order valence-corrected chi connectivity index (χ0v) is 9.49. The van der Waals surface area contributed by atoms with Crippen molar-refractivity contribution in [3.63, 3.8) is 0 Å². The summed E-state index contributed by atoms with van der Waals surface area (Å²) in [5.41, 5.74) is 8.15. The highest BCUT2D eigenvalue weighted by Gasteiger charge is 2.03. The van der Waals surface area contributed by atoms with Crippen LogP contribution in [0.3, 0.4) is 0 Å². The van der Waals surface area contributed by atoms with Crippen LogP contribution in [0.15, 0.2) is 24.3 Å². The number of rotatable bonds is 6. The molecule has 1 aromatic carbocycles. The van der Waals surface area contributed by atoms with Gasteiger partial charge in [-0.1, -0.05) is 25.1 Å². The highest BCUT2D eigenvalue weighted by molar-refractivity contribution is 5.50. The highest BCUT2D eigenvalue weighted by atomic mass is 16.5. The van der Waals surface area contributed by atoms with E-state index < -0.39 is 0 Å². The van der Waals surface area contributed by atoms with Gasteiger partial charge in [-0.2, -0.15) is 0 Å². The van der Waals surface area contributed by atoms with Gasteiger partial charge in [-0.25, -0.2) is 0 Å². The van der Waals surface area contributed by atoms with Crippen molar-refractivity contribution >= 4 is 5.69 Å². The molecule has 0 aliphatic carbocycles. The maximum atomic E-state index is 5.88. The third-order valence-electron chi connectivity index (χ3n) is 2.13. The highest BCUT2D eigenvalue weighted by Crippen LogP contribution is 2.13. The van der Waals surface area contributed by atoms with Gasteiger partial charge >= 0.3 is 0 Å². The molecule has 0 aliphatic rings. The molecule has 0 spiro atoms. The van der Waals surface area contributed by atoms with E-state index in [4.69, 9.17) is 10.5 Å². The summed E-state index contributed by atoms with van der Waals surface area (Å²) >= 11 is 0. The van der Waals surface area contributed by atoms with Crippen LogP contribution >= 0.6 is 0 Å². The molecule has 3 heteroatoms. The van der Waals surface area contributed by atoms with Gasteiger partial charge in [0, 0.05) is 12.3 Å². The Bertz CT molecular complexity index is 289. The summed E-state index contributed by atoms with van der Waals surface area (Å²) in [5, 5.41) is 3.22. The lowest BCUT2D eigenvalue weighted by Gasteiger charge is -2.16. The van der Waals surface area contributed by atoms with Crippen molar-refractivity contribution in [2.75, 3.05) is 18.5 Å².